The molecule has 1 amide bonds. The number of primary amides is 1. The second-order valence-electron chi connectivity index (χ2n) is 9.82. The van der Waals surface area contributed by atoms with Gasteiger partial charge in [-0.15, -0.1) is 0 Å². The molecule has 4 heterocycles. The maximum absolute atomic E-state index is 11.8. The Balaban J connectivity index is 1.17. The van der Waals surface area contributed by atoms with Gasteiger partial charge in [-0.05, 0) is 24.5 Å². The van der Waals surface area contributed by atoms with Crippen molar-refractivity contribution in [2.75, 3.05) is 18.4 Å². The van der Waals surface area contributed by atoms with E-state index in [0.29, 0.717) is 23.2 Å². The zero-order valence-electron chi connectivity index (χ0n) is 21.7. The van der Waals surface area contributed by atoms with Crippen LogP contribution in [0.2, 0.25) is 0 Å². The number of aromatic nitrogens is 5. The van der Waals surface area contributed by atoms with E-state index in [1.54, 1.807) is 18.5 Å². The van der Waals surface area contributed by atoms with Gasteiger partial charge >= 0.3 is 0 Å². The number of carbonyl (C=O) groups excluding carboxylic acids is 1. The van der Waals surface area contributed by atoms with E-state index in [0.717, 1.165) is 55.0 Å². The van der Waals surface area contributed by atoms with Crippen molar-refractivity contribution < 1.29 is 4.79 Å². The number of imidazole rings is 1. The van der Waals surface area contributed by atoms with E-state index in [4.69, 9.17) is 16.0 Å². The SMILES string of the molecule is N#Cc1nccc(NC2CCN(Cc3ccc(-c4nc5ncc(C(N)=O)cn5c4-c4ccccc4)cc3)CC2)n1. The van der Waals surface area contributed by atoms with Crippen LogP contribution in [0.3, 0.4) is 0 Å². The van der Waals surface area contributed by atoms with Gasteiger partial charge in [0.25, 0.3) is 5.91 Å². The fourth-order valence-electron chi connectivity index (χ4n) is 5.10. The third-order valence-electron chi connectivity index (χ3n) is 7.14. The minimum Gasteiger partial charge on any atom is -0.367 e. The average molecular weight is 530 g/mol. The van der Waals surface area contributed by atoms with Crippen molar-refractivity contribution in [1.29, 1.82) is 5.26 Å². The number of fused-ring (bicyclic) bond motifs is 1. The van der Waals surface area contributed by atoms with Crippen molar-refractivity contribution in [1.82, 2.24) is 29.2 Å². The smallest absolute Gasteiger partial charge is 0.251 e. The van der Waals surface area contributed by atoms with Gasteiger partial charge in [-0.1, -0.05) is 54.6 Å². The van der Waals surface area contributed by atoms with Gasteiger partial charge in [-0.25, -0.2) is 19.9 Å². The number of anilines is 1. The summed E-state index contributed by atoms with van der Waals surface area (Å²) in [5, 5.41) is 12.5. The Bertz CT molecular complexity index is 1700. The Morgan fingerprint density at radius 3 is 2.50 bits per heavy atom. The third-order valence-corrected chi connectivity index (χ3v) is 7.14. The van der Waals surface area contributed by atoms with Crippen LogP contribution >= 0.6 is 0 Å². The van der Waals surface area contributed by atoms with Gasteiger partial charge in [-0.2, -0.15) is 5.26 Å². The average Bonchev–Trinajstić information content (AvgIpc) is 3.38. The summed E-state index contributed by atoms with van der Waals surface area (Å²) in [7, 11) is 0. The topological polar surface area (TPSA) is 138 Å². The van der Waals surface area contributed by atoms with Crippen molar-refractivity contribution in [3.63, 3.8) is 0 Å². The summed E-state index contributed by atoms with van der Waals surface area (Å²) in [5.74, 6) is 0.848. The highest BCUT2D eigenvalue weighted by Gasteiger charge is 2.21. The lowest BCUT2D eigenvalue weighted by Gasteiger charge is -2.32. The molecule has 0 unspecified atom stereocenters. The minimum atomic E-state index is -0.532. The highest BCUT2D eigenvalue weighted by atomic mass is 16.1. The molecule has 10 nitrogen and oxygen atoms in total. The summed E-state index contributed by atoms with van der Waals surface area (Å²) < 4.78 is 1.83. The molecule has 5 aromatic rings. The van der Waals surface area contributed by atoms with Gasteiger partial charge in [0.1, 0.15) is 11.9 Å². The van der Waals surface area contributed by atoms with Crippen LogP contribution in [0.25, 0.3) is 28.3 Å². The van der Waals surface area contributed by atoms with Gasteiger partial charge in [0.15, 0.2) is 0 Å². The molecule has 3 aromatic heterocycles. The maximum Gasteiger partial charge on any atom is 0.251 e. The normalized spacial score (nSPS) is 14.2. The number of rotatable bonds is 7. The number of nitrogens with two attached hydrogens (primary N) is 1. The van der Waals surface area contributed by atoms with Gasteiger partial charge < -0.3 is 11.1 Å². The van der Waals surface area contributed by atoms with Crippen LogP contribution in [-0.2, 0) is 6.54 Å². The van der Waals surface area contributed by atoms with Gasteiger partial charge in [-0.3, -0.25) is 14.1 Å². The molecule has 1 saturated heterocycles. The summed E-state index contributed by atoms with van der Waals surface area (Å²) in [6.45, 7) is 2.79. The van der Waals surface area contributed by atoms with Crippen LogP contribution in [0.1, 0.15) is 34.6 Å². The molecule has 0 spiro atoms. The first-order valence-corrected chi connectivity index (χ1v) is 13.1. The Morgan fingerprint density at radius 2 is 1.77 bits per heavy atom. The third kappa shape index (κ3) is 5.23. The molecule has 6 rings (SSSR count). The molecule has 1 aliphatic rings. The standard InChI is InChI=1S/C30H27N9O/c31-16-26-33-13-10-25(36-26)35-24-11-14-38(15-12-24)18-20-6-8-21(9-7-20)27-28(22-4-2-1-3-5-22)39-19-23(29(32)40)17-34-30(39)37-27/h1-10,13,17,19,24H,11-12,14-15,18H2,(H2,32,40)(H,33,35,36). The van der Waals surface area contributed by atoms with Gasteiger partial charge in [0, 0.05) is 55.4 Å². The number of likely N-dealkylation sites (tertiary alicyclic amines) is 1. The highest BCUT2D eigenvalue weighted by Crippen LogP contribution is 2.33. The van der Waals surface area contributed by atoms with E-state index in [1.807, 2.05) is 40.8 Å². The fourth-order valence-corrected chi connectivity index (χ4v) is 5.10. The Kier molecular flexibility index (Phi) is 6.87. The highest BCUT2D eigenvalue weighted by molar-refractivity contribution is 5.92. The van der Waals surface area contributed by atoms with E-state index in [2.05, 4.69) is 49.4 Å². The molecule has 0 atom stereocenters. The van der Waals surface area contributed by atoms with Crippen LogP contribution in [0.15, 0.2) is 79.3 Å². The fraction of sp³-hybridized carbons (Fsp3) is 0.200. The quantitative estimate of drug-likeness (QED) is 0.324. The number of amides is 1. The largest absolute Gasteiger partial charge is 0.367 e. The molecule has 10 heteroatoms. The zero-order valence-corrected chi connectivity index (χ0v) is 21.7. The molecule has 198 valence electrons. The van der Waals surface area contributed by atoms with Crippen LogP contribution < -0.4 is 11.1 Å². The minimum absolute atomic E-state index is 0.178. The van der Waals surface area contributed by atoms with Gasteiger partial charge in [0.05, 0.1) is 17.0 Å². The molecule has 0 aliphatic carbocycles. The number of benzene rings is 2. The first-order chi connectivity index (χ1) is 19.6. The van der Waals surface area contributed by atoms with Crippen LogP contribution in [0.4, 0.5) is 5.82 Å². The molecule has 2 aromatic carbocycles. The molecule has 0 radical (unpaired) electrons. The molecular formula is C30H27N9O. The molecule has 3 N–H and O–H groups in total. The number of hydrogen-bond donors (Lipinski definition) is 2. The lowest BCUT2D eigenvalue weighted by molar-refractivity contribution is 0.0999. The number of nitrogens with one attached hydrogen (secondary N) is 1. The van der Waals surface area contributed by atoms with Gasteiger partial charge in [0.2, 0.25) is 11.6 Å². The Hall–Kier alpha value is -5.14. The first kappa shape index (κ1) is 25.2. The number of piperidine rings is 1. The van der Waals surface area contributed by atoms with E-state index < -0.39 is 5.91 Å². The summed E-state index contributed by atoms with van der Waals surface area (Å²) in [4.78, 5) is 31.6. The lowest BCUT2D eigenvalue weighted by atomic mass is 10.0. The van der Waals surface area contributed by atoms with E-state index in [9.17, 15) is 4.79 Å². The lowest BCUT2D eigenvalue weighted by Crippen LogP contribution is -2.38. The van der Waals surface area contributed by atoms with Crippen LogP contribution in [-0.4, -0.2) is 54.3 Å². The maximum atomic E-state index is 11.8. The summed E-state index contributed by atoms with van der Waals surface area (Å²) >= 11 is 0. The molecule has 40 heavy (non-hydrogen) atoms. The van der Waals surface area contributed by atoms with Crippen molar-refractivity contribution in [2.45, 2.75) is 25.4 Å². The second kappa shape index (κ2) is 10.9. The van der Waals surface area contributed by atoms with Crippen molar-refractivity contribution in [3.05, 3.63) is 96.2 Å². The second-order valence-corrected chi connectivity index (χ2v) is 9.82. The molecular weight excluding hydrogens is 502 g/mol. The summed E-state index contributed by atoms with van der Waals surface area (Å²) in [6, 6.07) is 22.5. The molecule has 1 fully saturated rings. The predicted octanol–water partition coefficient (Wildman–Crippen LogP) is 3.90. The Morgan fingerprint density at radius 1 is 1.00 bits per heavy atom. The number of nitriles is 1. The Labute approximate surface area is 231 Å². The van der Waals surface area contributed by atoms with Crippen LogP contribution in [0, 0.1) is 11.3 Å². The van der Waals surface area contributed by atoms with Crippen molar-refractivity contribution in [2.24, 2.45) is 5.73 Å². The molecule has 1 aliphatic heterocycles. The number of hydrogen-bond acceptors (Lipinski definition) is 8. The van der Waals surface area contributed by atoms with Crippen molar-refractivity contribution in [3.8, 4) is 28.6 Å². The van der Waals surface area contributed by atoms with E-state index >= 15 is 0 Å². The first-order valence-electron chi connectivity index (χ1n) is 13.1. The van der Waals surface area contributed by atoms with Crippen molar-refractivity contribution >= 4 is 17.5 Å². The monoisotopic (exact) mass is 529 g/mol. The molecule has 0 bridgehead atoms. The molecule has 0 saturated carbocycles. The summed E-state index contributed by atoms with van der Waals surface area (Å²) in [5.41, 5.74) is 10.7. The number of nitrogens with zero attached hydrogens (tertiary/aromatic N) is 7. The van der Waals surface area contributed by atoms with E-state index in [-0.39, 0.29) is 5.82 Å². The zero-order chi connectivity index (χ0) is 27.5. The summed E-state index contributed by atoms with van der Waals surface area (Å²) in [6.07, 6.45) is 6.75. The van der Waals surface area contributed by atoms with E-state index in [1.165, 1.54) is 11.8 Å². The van der Waals surface area contributed by atoms with Crippen LogP contribution in [0.5, 0.6) is 0 Å². The predicted molar refractivity (Wildman–Crippen MR) is 151 cm³/mol. The number of carbonyl (C=O) groups is 1.